The van der Waals surface area contributed by atoms with Crippen molar-refractivity contribution in [1.29, 1.82) is 0 Å². The molecule has 100 valence electrons. The van der Waals surface area contributed by atoms with Crippen molar-refractivity contribution in [3.05, 3.63) is 33.7 Å². The normalized spacial score (nSPS) is 17.4. The Labute approximate surface area is 126 Å². The van der Waals surface area contributed by atoms with Crippen LogP contribution in [0.3, 0.4) is 0 Å². The Morgan fingerprint density at radius 2 is 2.26 bits per heavy atom. The number of nitrogens with zero attached hydrogens (tertiary/aromatic N) is 1. The van der Waals surface area contributed by atoms with Gasteiger partial charge in [0.15, 0.2) is 0 Å². The first-order chi connectivity index (χ1) is 9.06. The molecule has 0 atom stereocenters. The Hall–Kier alpha value is -1.04. The molecule has 1 fully saturated rings. The molecule has 3 nitrogen and oxygen atoms in total. The number of carbonyl (C=O) groups is 1. The summed E-state index contributed by atoms with van der Waals surface area (Å²) in [4.78, 5) is 14.3. The van der Waals surface area contributed by atoms with E-state index in [2.05, 4.69) is 0 Å². The Bertz CT molecular complexity index is 572. The summed E-state index contributed by atoms with van der Waals surface area (Å²) in [6, 6.07) is 5.28. The highest BCUT2D eigenvalue weighted by molar-refractivity contribution is 8.26. The molecule has 1 aromatic carbocycles. The fourth-order valence-electron chi connectivity index (χ4n) is 1.73. The largest absolute Gasteiger partial charge is 0.496 e. The fourth-order valence-corrected chi connectivity index (χ4v) is 3.29. The van der Waals surface area contributed by atoms with Gasteiger partial charge in [0.25, 0.3) is 5.91 Å². The fraction of sp³-hybridized carbons (Fsp3) is 0.231. The Balaban J connectivity index is 2.40. The maximum absolute atomic E-state index is 12.1. The number of methoxy groups -OCH3 is 1. The van der Waals surface area contributed by atoms with Crippen LogP contribution in [0.15, 0.2) is 23.1 Å². The molecule has 0 spiro atoms. The van der Waals surface area contributed by atoms with E-state index in [1.54, 1.807) is 36.3 Å². The SMILES string of the molecule is CCN1C(=O)/C(=C\c2cc(Cl)ccc2OC)SC1=S. The number of benzene rings is 1. The first-order valence-corrected chi connectivity index (χ1v) is 7.26. The van der Waals surface area contributed by atoms with Crippen LogP contribution < -0.4 is 4.74 Å². The minimum Gasteiger partial charge on any atom is -0.496 e. The van der Waals surface area contributed by atoms with E-state index in [0.717, 1.165) is 5.56 Å². The lowest BCUT2D eigenvalue weighted by molar-refractivity contribution is -0.121. The smallest absolute Gasteiger partial charge is 0.266 e. The van der Waals surface area contributed by atoms with Gasteiger partial charge in [-0.05, 0) is 31.2 Å². The number of hydrogen-bond acceptors (Lipinski definition) is 4. The van der Waals surface area contributed by atoms with E-state index >= 15 is 0 Å². The second-order valence-electron chi connectivity index (χ2n) is 3.81. The molecule has 0 radical (unpaired) electrons. The molecule has 0 aromatic heterocycles. The van der Waals surface area contributed by atoms with Gasteiger partial charge < -0.3 is 4.74 Å². The van der Waals surface area contributed by atoms with E-state index in [0.29, 0.717) is 26.5 Å². The second kappa shape index (κ2) is 5.94. The van der Waals surface area contributed by atoms with E-state index in [1.807, 2.05) is 6.92 Å². The van der Waals surface area contributed by atoms with E-state index in [4.69, 9.17) is 28.6 Å². The molecule has 1 amide bonds. The van der Waals surface area contributed by atoms with Gasteiger partial charge in [-0.15, -0.1) is 0 Å². The van der Waals surface area contributed by atoms with Crippen molar-refractivity contribution in [3.8, 4) is 5.75 Å². The number of carbonyl (C=O) groups excluding carboxylic acids is 1. The van der Waals surface area contributed by atoms with Crippen molar-refractivity contribution in [2.24, 2.45) is 0 Å². The van der Waals surface area contributed by atoms with Gasteiger partial charge in [-0.1, -0.05) is 35.6 Å². The molecule has 0 N–H and O–H groups in total. The molecule has 1 aromatic rings. The Kier molecular flexibility index (Phi) is 4.50. The summed E-state index contributed by atoms with van der Waals surface area (Å²) in [5.74, 6) is 0.602. The summed E-state index contributed by atoms with van der Waals surface area (Å²) in [7, 11) is 1.58. The molecular weight excluding hydrogens is 302 g/mol. The predicted molar refractivity (Wildman–Crippen MR) is 83.6 cm³/mol. The van der Waals surface area contributed by atoms with Crippen LogP contribution in [0.1, 0.15) is 12.5 Å². The van der Waals surface area contributed by atoms with Crippen LogP contribution in [0.25, 0.3) is 6.08 Å². The van der Waals surface area contributed by atoms with Crippen LogP contribution in [-0.4, -0.2) is 28.8 Å². The van der Waals surface area contributed by atoms with Crippen molar-refractivity contribution >= 4 is 51.9 Å². The average molecular weight is 314 g/mol. The third kappa shape index (κ3) is 2.94. The van der Waals surface area contributed by atoms with E-state index in [1.165, 1.54) is 11.8 Å². The highest BCUT2D eigenvalue weighted by atomic mass is 35.5. The monoisotopic (exact) mass is 313 g/mol. The Morgan fingerprint density at radius 3 is 2.84 bits per heavy atom. The summed E-state index contributed by atoms with van der Waals surface area (Å²) in [6.45, 7) is 2.47. The molecule has 1 heterocycles. The van der Waals surface area contributed by atoms with Gasteiger partial charge in [0.1, 0.15) is 10.1 Å². The first-order valence-electron chi connectivity index (χ1n) is 5.65. The molecule has 0 saturated carbocycles. The van der Waals surface area contributed by atoms with E-state index < -0.39 is 0 Å². The minimum absolute atomic E-state index is 0.0699. The van der Waals surface area contributed by atoms with Crippen molar-refractivity contribution in [3.63, 3.8) is 0 Å². The average Bonchev–Trinajstić information content (AvgIpc) is 2.64. The van der Waals surface area contributed by atoms with Crippen molar-refractivity contribution in [2.45, 2.75) is 6.92 Å². The molecule has 19 heavy (non-hydrogen) atoms. The molecule has 0 unspecified atom stereocenters. The number of thiocarbonyl (C=S) groups is 1. The van der Waals surface area contributed by atoms with E-state index in [-0.39, 0.29) is 5.91 Å². The maximum atomic E-state index is 12.1. The summed E-state index contributed by atoms with van der Waals surface area (Å²) in [5, 5.41) is 0.595. The predicted octanol–water partition coefficient (Wildman–Crippen LogP) is 3.57. The van der Waals surface area contributed by atoms with Gasteiger partial charge >= 0.3 is 0 Å². The molecule has 2 rings (SSSR count). The van der Waals surface area contributed by atoms with Crippen molar-refractivity contribution in [2.75, 3.05) is 13.7 Å². The minimum atomic E-state index is -0.0699. The van der Waals surface area contributed by atoms with Gasteiger partial charge in [0.05, 0.1) is 12.0 Å². The summed E-state index contributed by atoms with van der Waals surface area (Å²) in [5.41, 5.74) is 0.770. The lowest BCUT2D eigenvalue weighted by Gasteiger charge is -2.09. The summed E-state index contributed by atoms with van der Waals surface area (Å²) < 4.78 is 5.84. The molecule has 0 bridgehead atoms. The molecule has 0 aliphatic carbocycles. The zero-order valence-corrected chi connectivity index (χ0v) is 12.9. The van der Waals surface area contributed by atoms with Gasteiger partial charge in [-0.2, -0.15) is 0 Å². The number of rotatable bonds is 3. The second-order valence-corrected chi connectivity index (χ2v) is 5.92. The highest BCUT2D eigenvalue weighted by Crippen LogP contribution is 2.34. The van der Waals surface area contributed by atoms with Crippen LogP contribution >= 0.6 is 35.6 Å². The zero-order chi connectivity index (χ0) is 14.0. The number of hydrogen-bond donors (Lipinski definition) is 0. The van der Waals surface area contributed by atoms with Crippen molar-refractivity contribution < 1.29 is 9.53 Å². The lowest BCUT2D eigenvalue weighted by Crippen LogP contribution is -2.27. The third-order valence-electron chi connectivity index (χ3n) is 2.67. The topological polar surface area (TPSA) is 29.5 Å². The quantitative estimate of drug-likeness (QED) is 0.630. The number of likely N-dealkylation sites (N-methyl/N-ethyl adjacent to an activating group) is 1. The number of halogens is 1. The van der Waals surface area contributed by atoms with Crippen LogP contribution in [0.5, 0.6) is 5.75 Å². The molecule has 6 heteroatoms. The molecular formula is C13H12ClNO2S2. The highest BCUT2D eigenvalue weighted by Gasteiger charge is 2.30. The maximum Gasteiger partial charge on any atom is 0.266 e. The standard InChI is InChI=1S/C13H12ClNO2S2/c1-3-15-12(16)11(19-13(15)18)7-8-6-9(14)4-5-10(8)17-2/h4-7H,3H2,1-2H3/b11-7+. The van der Waals surface area contributed by atoms with Gasteiger partial charge in [-0.3, -0.25) is 9.69 Å². The van der Waals surface area contributed by atoms with E-state index in [9.17, 15) is 4.79 Å². The molecule has 1 aliphatic rings. The number of amides is 1. The van der Waals surface area contributed by atoms with Crippen molar-refractivity contribution in [1.82, 2.24) is 4.90 Å². The lowest BCUT2D eigenvalue weighted by atomic mass is 10.2. The van der Waals surface area contributed by atoms with Crippen LogP contribution in [0.4, 0.5) is 0 Å². The Morgan fingerprint density at radius 1 is 1.53 bits per heavy atom. The van der Waals surface area contributed by atoms with Gasteiger partial charge in [-0.25, -0.2) is 0 Å². The first kappa shape index (κ1) is 14.4. The zero-order valence-electron chi connectivity index (χ0n) is 10.5. The van der Waals surface area contributed by atoms with Crippen LogP contribution in [0, 0.1) is 0 Å². The molecule has 1 saturated heterocycles. The van der Waals surface area contributed by atoms with Gasteiger partial charge in [0.2, 0.25) is 0 Å². The summed E-state index contributed by atoms with van der Waals surface area (Å²) >= 11 is 12.4. The third-order valence-corrected chi connectivity index (χ3v) is 4.28. The number of thioether (sulfide) groups is 1. The van der Waals surface area contributed by atoms with Crippen LogP contribution in [-0.2, 0) is 4.79 Å². The molecule has 1 aliphatic heterocycles. The van der Waals surface area contributed by atoms with Crippen LogP contribution in [0.2, 0.25) is 5.02 Å². The number of ether oxygens (including phenoxy) is 1. The summed E-state index contributed by atoms with van der Waals surface area (Å²) in [6.07, 6.45) is 1.76. The van der Waals surface area contributed by atoms with Gasteiger partial charge in [0, 0.05) is 17.1 Å².